The fourth-order valence-corrected chi connectivity index (χ4v) is 4.50. The maximum atomic E-state index is 12.7. The first kappa shape index (κ1) is 22.7. The van der Waals surface area contributed by atoms with Crippen LogP contribution in [0.4, 0.5) is 5.13 Å². The maximum Gasteiger partial charge on any atom is 0.265 e. The number of rotatable bonds is 9. The van der Waals surface area contributed by atoms with Crippen molar-refractivity contribution in [2.75, 3.05) is 26.1 Å². The lowest BCUT2D eigenvalue weighted by atomic mass is 10.1. The van der Waals surface area contributed by atoms with Crippen molar-refractivity contribution in [1.82, 2.24) is 14.9 Å². The van der Waals surface area contributed by atoms with Gasteiger partial charge < -0.3 is 9.47 Å². The van der Waals surface area contributed by atoms with Gasteiger partial charge in [0.15, 0.2) is 0 Å². The van der Waals surface area contributed by atoms with Gasteiger partial charge in [-0.05, 0) is 31.2 Å². The molecule has 9 nitrogen and oxygen atoms in total. The molecule has 0 fully saturated rings. The zero-order chi connectivity index (χ0) is 22.4. The molecule has 2 aromatic carbocycles. The zero-order valence-electron chi connectivity index (χ0n) is 17.2. The van der Waals surface area contributed by atoms with Crippen LogP contribution in [-0.2, 0) is 16.4 Å². The maximum absolute atomic E-state index is 12.7. The highest BCUT2D eigenvalue weighted by Gasteiger charge is 2.20. The molecule has 0 saturated carbocycles. The van der Waals surface area contributed by atoms with Crippen molar-refractivity contribution in [3.8, 4) is 11.5 Å². The SMILES string of the molecule is COc1cccc(OC)c1C(=O)Nc1nnc(CCNS(=O)(=O)c2ccc(C)cc2)s1. The lowest BCUT2D eigenvalue weighted by molar-refractivity contribution is 0.102. The van der Waals surface area contributed by atoms with E-state index in [-0.39, 0.29) is 22.1 Å². The minimum Gasteiger partial charge on any atom is -0.496 e. The van der Waals surface area contributed by atoms with Crippen molar-refractivity contribution in [3.05, 3.63) is 58.6 Å². The summed E-state index contributed by atoms with van der Waals surface area (Å²) in [6.07, 6.45) is 0.330. The number of nitrogens with zero attached hydrogens (tertiary/aromatic N) is 2. The van der Waals surface area contributed by atoms with Crippen molar-refractivity contribution >= 4 is 32.4 Å². The molecule has 0 bridgehead atoms. The second-order valence-corrected chi connectivity index (χ2v) is 9.28. The first-order valence-electron chi connectivity index (χ1n) is 9.25. The zero-order valence-corrected chi connectivity index (χ0v) is 18.8. The van der Waals surface area contributed by atoms with Crippen LogP contribution < -0.4 is 19.5 Å². The molecule has 0 unspecified atom stereocenters. The Kier molecular flexibility index (Phi) is 7.21. The van der Waals surface area contributed by atoms with Crippen molar-refractivity contribution < 1.29 is 22.7 Å². The summed E-state index contributed by atoms with van der Waals surface area (Å²) in [6.45, 7) is 2.04. The van der Waals surface area contributed by atoms with Gasteiger partial charge in [-0.15, -0.1) is 10.2 Å². The molecular weight excluding hydrogens is 440 g/mol. The van der Waals surface area contributed by atoms with Crippen LogP contribution in [0, 0.1) is 6.92 Å². The summed E-state index contributed by atoms with van der Waals surface area (Å²) in [7, 11) is -0.673. The Morgan fingerprint density at radius 2 is 1.68 bits per heavy atom. The fraction of sp³-hybridized carbons (Fsp3) is 0.250. The minimum absolute atomic E-state index is 0.152. The van der Waals surface area contributed by atoms with Gasteiger partial charge in [0.05, 0.1) is 19.1 Å². The fourth-order valence-electron chi connectivity index (χ4n) is 2.73. The molecule has 0 aliphatic heterocycles. The Labute approximate surface area is 184 Å². The predicted molar refractivity (Wildman–Crippen MR) is 117 cm³/mol. The number of amides is 1. The highest BCUT2D eigenvalue weighted by molar-refractivity contribution is 7.89. The molecule has 3 aromatic rings. The van der Waals surface area contributed by atoms with Crippen molar-refractivity contribution in [2.24, 2.45) is 0 Å². The van der Waals surface area contributed by atoms with Gasteiger partial charge in [-0.3, -0.25) is 10.1 Å². The number of aryl methyl sites for hydroxylation is 1. The van der Waals surface area contributed by atoms with Gasteiger partial charge in [0, 0.05) is 13.0 Å². The Morgan fingerprint density at radius 1 is 1.03 bits per heavy atom. The monoisotopic (exact) mass is 462 g/mol. The summed E-state index contributed by atoms with van der Waals surface area (Å²) in [5, 5.41) is 11.5. The second-order valence-electron chi connectivity index (χ2n) is 6.45. The average molecular weight is 463 g/mol. The molecule has 1 aromatic heterocycles. The first-order valence-corrected chi connectivity index (χ1v) is 11.5. The molecule has 1 heterocycles. The number of hydrogen-bond donors (Lipinski definition) is 2. The van der Waals surface area contributed by atoms with Crippen LogP contribution in [0.15, 0.2) is 47.4 Å². The van der Waals surface area contributed by atoms with Gasteiger partial charge in [0.25, 0.3) is 5.91 Å². The summed E-state index contributed by atoms with van der Waals surface area (Å²) in [5.41, 5.74) is 1.23. The Balaban J connectivity index is 1.61. The number of sulfonamides is 1. The number of nitrogens with one attached hydrogen (secondary N) is 2. The third kappa shape index (κ3) is 5.57. The van der Waals surface area contributed by atoms with E-state index in [0.29, 0.717) is 22.9 Å². The van der Waals surface area contributed by atoms with Crippen LogP contribution in [0.5, 0.6) is 11.5 Å². The summed E-state index contributed by atoms with van der Waals surface area (Å²) >= 11 is 1.16. The van der Waals surface area contributed by atoms with Gasteiger partial charge in [-0.1, -0.05) is 35.1 Å². The number of methoxy groups -OCH3 is 2. The normalized spacial score (nSPS) is 11.2. The van der Waals surface area contributed by atoms with Crippen LogP contribution in [0.2, 0.25) is 0 Å². The van der Waals surface area contributed by atoms with E-state index in [9.17, 15) is 13.2 Å². The Bertz CT molecular complexity index is 1140. The van der Waals surface area contributed by atoms with Gasteiger partial charge in [0.1, 0.15) is 22.1 Å². The number of benzene rings is 2. The van der Waals surface area contributed by atoms with Crippen LogP contribution in [0.25, 0.3) is 0 Å². The summed E-state index contributed by atoms with van der Waals surface area (Å²) in [4.78, 5) is 12.9. The number of aromatic nitrogens is 2. The molecule has 0 radical (unpaired) electrons. The largest absolute Gasteiger partial charge is 0.496 e. The molecule has 0 aliphatic carbocycles. The van der Waals surface area contributed by atoms with Gasteiger partial charge in [-0.2, -0.15) is 0 Å². The van der Waals surface area contributed by atoms with E-state index < -0.39 is 15.9 Å². The number of hydrogen-bond acceptors (Lipinski definition) is 8. The quantitative estimate of drug-likeness (QED) is 0.502. The Morgan fingerprint density at radius 3 is 2.29 bits per heavy atom. The summed E-state index contributed by atoms with van der Waals surface area (Å²) in [6, 6.07) is 11.6. The number of carbonyl (C=O) groups is 1. The topological polar surface area (TPSA) is 120 Å². The van der Waals surface area contributed by atoms with E-state index in [1.807, 2.05) is 6.92 Å². The number of carbonyl (C=O) groups excluding carboxylic acids is 1. The molecule has 0 saturated heterocycles. The molecule has 1 amide bonds. The molecule has 0 aliphatic rings. The molecule has 0 atom stereocenters. The van der Waals surface area contributed by atoms with Crippen LogP contribution in [-0.4, -0.2) is 45.3 Å². The average Bonchev–Trinajstić information content (AvgIpc) is 3.20. The molecule has 164 valence electrons. The smallest absolute Gasteiger partial charge is 0.265 e. The van der Waals surface area contributed by atoms with Gasteiger partial charge in [0.2, 0.25) is 15.2 Å². The second kappa shape index (κ2) is 9.86. The van der Waals surface area contributed by atoms with Crippen molar-refractivity contribution in [1.29, 1.82) is 0 Å². The summed E-state index contributed by atoms with van der Waals surface area (Å²) in [5.74, 6) is 0.288. The lowest BCUT2D eigenvalue weighted by Crippen LogP contribution is -2.25. The number of ether oxygens (including phenoxy) is 2. The van der Waals surface area contributed by atoms with E-state index >= 15 is 0 Å². The lowest BCUT2D eigenvalue weighted by Gasteiger charge is -2.11. The van der Waals surface area contributed by atoms with E-state index in [4.69, 9.17) is 9.47 Å². The molecule has 31 heavy (non-hydrogen) atoms. The molecule has 0 spiro atoms. The van der Waals surface area contributed by atoms with E-state index in [1.54, 1.807) is 42.5 Å². The molecular formula is C20H22N4O5S2. The van der Waals surface area contributed by atoms with Crippen LogP contribution in [0.1, 0.15) is 20.9 Å². The first-order chi connectivity index (χ1) is 14.8. The highest BCUT2D eigenvalue weighted by atomic mass is 32.2. The van der Waals surface area contributed by atoms with Crippen LogP contribution in [0.3, 0.4) is 0 Å². The molecule has 11 heteroatoms. The minimum atomic E-state index is -3.60. The number of anilines is 1. The molecule has 3 rings (SSSR count). The standard InChI is InChI=1S/C20H22N4O5S2/c1-13-7-9-14(10-8-13)31(26,27)21-12-11-17-23-24-20(30-17)22-19(25)18-15(28-2)5-4-6-16(18)29-3/h4-10,21H,11-12H2,1-3H3,(H,22,24,25). The van der Waals surface area contributed by atoms with E-state index in [0.717, 1.165) is 16.9 Å². The third-order valence-corrected chi connectivity index (χ3v) is 6.68. The summed E-state index contributed by atoms with van der Waals surface area (Å²) < 4.78 is 37.7. The van der Waals surface area contributed by atoms with Crippen LogP contribution >= 0.6 is 11.3 Å². The van der Waals surface area contributed by atoms with E-state index in [1.165, 1.54) is 14.2 Å². The van der Waals surface area contributed by atoms with Gasteiger partial charge in [-0.25, -0.2) is 13.1 Å². The van der Waals surface area contributed by atoms with Crippen molar-refractivity contribution in [3.63, 3.8) is 0 Å². The van der Waals surface area contributed by atoms with E-state index in [2.05, 4.69) is 20.2 Å². The highest BCUT2D eigenvalue weighted by Crippen LogP contribution is 2.29. The van der Waals surface area contributed by atoms with Crippen molar-refractivity contribution in [2.45, 2.75) is 18.2 Å². The third-order valence-electron chi connectivity index (χ3n) is 4.30. The molecule has 2 N–H and O–H groups in total. The predicted octanol–water partition coefficient (Wildman–Crippen LogP) is 2.64. The Hall–Kier alpha value is -3.02. The van der Waals surface area contributed by atoms with Gasteiger partial charge >= 0.3 is 0 Å².